The van der Waals surface area contributed by atoms with Gasteiger partial charge in [0.2, 0.25) is 0 Å². The summed E-state index contributed by atoms with van der Waals surface area (Å²) >= 11 is 4.71. The zero-order valence-corrected chi connectivity index (χ0v) is 26.7. The minimum absolute atomic E-state index is 0.00926. The second kappa shape index (κ2) is 13.3. The fourth-order valence-corrected chi connectivity index (χ4v) is 7.06. The minimum atomic E-state index is -0.845. The molecular weight excluding hydrogens is 636 g/mol. The molecule has 43 heavy (non-hydrogen) atoms. The van der Waals surface area contributed by atoms with Gasteiger partial charge in [0.15, 0.2) is 4.80 Å². The van der Waals surface area contributed by atoms with Crippen molar-refractivity contribution >= 4 is 50.7 Å². The van der Waals surface area contributed by atoms with Crippen LogP contribution in [0, 0.1) is 10.1 Å². The number of rotatable bonds is 9. The number of allylic oxidation sites excluding steroid dienone is 1. The van der Waals surface area contributed by atoms with Gasteiger partial charge in [-0.3, -0.25) is 19.5 Å². The van der Waals surface area contributed by atoms with Crippen molar-refractivity contribution in [2.75, 3.05) is 31.7 Å². The van der Waals surface area contributed by atoms with Crippen molar-refractivity contribution in [1.82, 2.24) is 4.57 Å². The fourth-order valence-electron chi connectivity index (χ4n) is 5.66. The molecule has 2 aromatic carbocycles. The molecule has 1 saturated heterocycles. The second-order valence-electron chi connectivity index (χ2n) is 10.4. The Kier molecular flexibility index (Phi) is 9.46. The molecule has 3 heterocycles. The zero-order valence-electron chi connectivity index (χ0n) is 24.3. The largest absolute Gasteiger partial charge is 0.496 e. The molecule has 12 heteroatoms. The number of anilines is 1. The number of benzene rings is 2. The summed E-state index contributed by atoms with van der Waals surface area (Å²) in [5.41, 5.74) is 2.23. The van der Waals surface area contributed by atoms with Gasteiger partial charge in [-0.1, -0.05) is 46.7 Å². The van der Waals surface area contributed by atoms with Crippen LogP contribution in [0.5, 0.6) is 5.75 Å². The van der Waals surface area contributed by atoms with Gasteiger partial charge in [0.1, 0.15) is 17.5 Å². The first-order valence-corrected chi connectivity index (χ1v) is 16.0. The average molecular weight is 670 g/mol. The Balaban J connectivity index is 1.71. The molecule has 2 aliphatic heterocycles. The molecule has 0 saturated carbocycles. The van der Waals surface area contributed by atoms with Crippen LogP contribution in [0.2, 0.25) is 0 Å². The van der Waals surface area contributed by atoms with Crippen molar-refractivity contribution in [3.8, 4) is 5.75 Å². The van der Waals surface area contributed by atoms with Crippen LogP contribution in [0.4, 0.5) is 11.4 Å². The predicted octanol–water partition coefficient (Wildman–Crippen LogP) is 5.25. The van der Waals surface area contributed by atoms with Crippen LogP contribution < -0.4 is 24.5 Å². The lowest BCUT2D eigenvalue weighted by Crippen LogP contribution is -2.40. The van der Waals surface area contributed by atoms with Crippen LogP contribution >= 0.6 is 27.3 Å². The smallest absolute Gasteiger partial charge is 0.338 e. The molecule has 0 amide bonds. The number of hydrogen-bond donors (Lipinski definition) is 0. The maximum absolute atomic E-state index is 14.1. The lowest BCUT2D eigenvalue weighted by Gasteiger charge is -2.28. The van der Waals surface area contributed by atoms with Crippen molar-refractivity contribution in [2.24, 2.45) is 4.99 Å². The minimum Gasteiger partial charge on any atom is -0.496 e. The Morgan fingerprint density at radius 1 is 1.19 bits per heavy atom. The number of methoxy groups -OCH3 is 1. The third kappa shape index (κ3) is 6.16. The van der Waals surface area contributed by atoms with E-state index < -0.39 is 12.0 Å². The average Bonchev–Trinajstić information content (AvgIpc) is 3.31. The first-order valence-electron chi connectivity index (χ1n) is 14.4. The summed E-state index contributed by atoms with van der Waals surface area (Å²) in [7, 11) is 1.54. The number of ether oxygens (including phenoxy) is 2. The SMILES string of the molecule is CCCC1=C(C(=O)OCC)[C@H](c2cc(Br)ccc2OC)n2c(s/c(=C\c3ccc(N4CCCCC4)c([N+](=O)[O-])c3)c2=O)=N1. The highest BCUT2D eigenvalue weighted by molar-refractivity contribution is 9.10. The number of hydrogen-bond acceptors (Lipinski definition) is 9. The quantitative estimate of drug-likeness (QED) is 0.174. The Labute approximate surface area is 261 Å². The molecule has 0 radical (unpaired) electrons. The summed E-state index contributed by atoms with van der Waals surface area (Å²) in [5.74, 6) is -0.0359. The summed E-state index contributed by atoms with van der Waals surface area (Å²) in [5, 5.41) is 12.1. The van der Waals surface area contributed by atoms with Crippen molar-refractivity contribution < 1.29 is 19.2 Å². The first kappa shape index (κ1) is 30.7. The third-order valence-electron chi connectivity index (χ3n) is 7.57. The van der Waals surface area contributed by atoms with Crippen LogP contribution in [-0.4, -0.2) is 42.3 Å². The van der Waals surface area contributed by atoms with E-state index in [4.69, 9.17) is 14.5 Å². The molecule has 1 aromatic heterocycles. The molecule has 0 unspecified atom stereocenters. The molecular formula is C31H33BrN4O6S. The first-order chi connectivity index (χ1) is 20.8. The van der Waals surface area contributed by atoms with E-state index in [9.17, 15) is 19.7 Å². The molecule has 0 aliphatic carbocycles. The van der Waals surface area contributed by atoms with Crippen LogP contribution in [0.25, 0.3) is 6.08 Å². The topological polar surface area (TPSA) is 116 Å². The lowest BCUT2D eigenvalue weighted by molar-refractivity contribution is -0.384. The number of fused-ring (bicyclic) bond motifs is 1. The summed E-state index contributed by atoms with van der Waals surface area (Å²) < 4.78 is 13.7. The zero-order chi connectivity index (χ0) is 30.7. The van der Waals surface area contributed by atoms with Gasteiger partial charge >= 0.3 is 5.97 Å². The van der Waals surface area contributed by atoms with Gasteiger partial charge in [-0.25, -0.2) is 9.79 Å². The molecule has 0 bridgehead atoms. The highest BCUT2D eigenvalue weighted by atomic mass is 79.9. The van der Waals surface area contributed by atoms with Crippen LogP contribution in [-0.2, 0) is 9.53 Å². The number of nitrogens with zero attached hydrogens (tertiary/aromatic N) is 4. The molecule has 1 fully saturated rings. The van der Waals surface area contributed by atoms with Crippen molar-refractivity contribution in [2.45, 2.75) is 52.0 Å². The van der Waals surface area contributed by atoms with E-state index in [0.717, 1.165) is 43.2 Å². The molecule has 10 nitrogen and oxygen atoms in total. The van der Waals surface area contributed by atoms with Gasteiger partial charge < -0.3 is 14.4 Å². The number of halogens is 1. The molecule has 2 aliphatic rings. The standard InChI is InChI=1S/C31H33BrN4O6S/c1-4-9-22-27(30(38)42-5-2)28(21-18-20(32)11-13-25(21)41-3)35-29(37)26(43-31(35)33-22)17-19-10-12-23(24(16-19)36(39)40)34-14-7-6-8-15-34/h10-13,16-18,28H,4-9,14-15H2,1-3H3/b26-17-/t28-/m0/s1. The van der Waals surface area contributed by atoms with Crippen molar-refractivity contribution in [3.63, 3.8) is 0 Å². The van der Waals surface area contributed by atoms with Gasteiger partial charge in [-0.2, -0.15) is 0 Å². The van der Waals surface area contributed by atoms with Crippen molar-refractivity contribution in [3.05, 3.63) is 93.1 Å². The van der Waals surface area contributed by atoms with Gasteiger partial charge in [0, 0.05) is 29.2 Å². The fraction of sp³-hybridized carbons (Fsp3) is 0.387. The van der Waals surface area contributed by atoms with Crippen LogP contribution in [0.3, 0.4) is 0 Å². The molecule has 5 rings (SSSR count). The van der Waals surface area contributed by atoms with Gasteiger partial charge in [0.25, 0.3) is 11.2 Å². The number of thiazole rings is 1. The number of piperidine rings is 1. The third-order valence-corrected chi connectivity index (χ3v) is 9.05. The maximum Gasteiger partial charge on any atom is 0.338 e. The lowest BCUT2D eigenvalue weighted by atomic mass is 9.93. The Hall–Kier alpha value is -3.77. The second-order valence-corrected chi connectivity index (χ2v) is 12.3. The molecule has 0 N–H and O–H groups in total. The number of nitro benzene ring substituents is 1. The Morgan fingerprint density at radius 2 is 1.95 bits per heavy atom. The number of carbonyl (C=O) groups is 1. The van der Waals surface area contributed by atoms with Crippen LogP contribution in [0.15, 0.2) is 61.9 Å². The molecule has 3 aromatic rings. The van der Waals surface area contributed by atoms with E-state index >= 15 is 0 Å². The number of esters is 1. The van der Waals surface area contributed by atoms with E-state index in [-0.39, 0.29) is 22.8 Å². The van der Waals surface area contributed by atoms with E-state index in [1.165, 1.54) is 29.1 Å². The number of carbonyl (C=O) groups excluding carboxylic acids is 1. The molecule has 1 atom stereocenters. The Bertz CT molecular complexity index is 1770. The molecule has 0 spiro atoms. The number of nitro groups is 1. The van der Waals surface area contributed by atoms with Gasteiger partial charge in [0.05, 0.1) is 34.4 Å². The van der Waals surface area contributed by atoms with Crippen LogP contribution in [0.1, 0.15) is 63.1 Å². The highest BCUT2D eigenvalue weighted by Gasteiger charge is 2.36. The van der Waals surface area contributed by atoms with Gasteiger partial charge in [-0.15, -0.1) is 0 Å². The summed E-state index contributed by atoms with van der Waals surface area (Å²) in [6, 6.07) is 9.67. The normalized spacial score (nSPS) is 17.0. The summed E-state index contributed by atoms with van der Waals surface area (Å²) in [6.07, 6.45) is 6.00. The van der Waals surface area contributed by atoms with Crippen molar-refractivity contribution in [1.29, 1.82) is 0 Å². The highest BCUT2D eigenvalue weighted by Crippen LogP contribution is 2.38. The van der Waals surface area contributed by atoms with E-state index in [1.54, 1.807) is 31.2 Å². The Morgan fingerprint density at radius 3 is 2.63 bits per heavy atom. The summed E-state index contributed by atoms with van der Waals surface area (Å²) in [6.45, 7) is 5.45. The van der Waals surface area contributed by atoms with Gasteiger partial charge in [-0.05, 0) is 68.5 Å². The van der Waals surface area contributed by atoms with E-state index in [1.807, 2.05) is 19.1 Å². The maximum atomic E-state index is 14.1. The van der Waals surface area contributed by atoms with E-state index in [0.29, 0.717) is 49.6 Å². The monoisotopic (exact) mass is 668 g/mol. The molecule has 226 valence electrons. The summed E-state index contributed by atoms with van der Waals surface area (Å²) in [4.78, 5) is 46.5. The van der Waals surface area contributed by atoms with E-state index in [2.05, 4.69) is 20.8 Å². The number of aromatic nitrogens is 1. The predicted molar refractivity (Wildman–Crippen MR) is 169 cm³/mol.